The monoisotopic (exact) mass is 200 g/mol. The highest BCUT2D eigenvalue weighted by atomic mass is 79.9. The molecule has 1 rings (SSSR count). The molecule has 0 unspecified atom stereocenters. The van der Waals surface area contributed by atoms with Crippen LogP contribution in [0.2, 0.25) is 0 Å². The van der Waals surface area contributed by atoms with Gasteiger partial charge in [-0.25, -0.2) is 4.98 Å². The number of aldehydes is 1. The molecule has 0 saturated heterocycles. The number of pyridine rings is 1. The van der Waals surface area contributed by atoms with Gasteiger partial charge in [-0.15, -0.1) is 0 Å². The quantitative estimate of drug-likeness (QED) is 0.549. The zero-order valence-corrected chi connectivity index (χ0v) is 6.63. The van der Waals surface area contributed by atoms with Crippen LogP contribution < -0.4 is 5.73 Å². The van der Waals surface area contributed by atoms with Crippen molar-refractivity contribution in [2.24, 2.45) is 0 Å². The third-order valence-corrected chi connectivity index (χ3v) is 1.49. The van der Waals surface area contributed by atoms with Crippen LogP contribution in [0.1, 0.15) is 10.4 Å². The standard InChI is InChI=1S/C6H5BrN2O/c7-5-2-1-4(3-10)6(8)9-5/h1-3H,(H2,8,9). The topological polar surface area (TPSA) is 56.0 Å². The van der Waals surface area contributed by atoms with Gasteiger partial charge in [0.15, 0.2) is 6.29 Å². The highest BCUT2D eigenvalue weighted by Gasteiger charge is 1.97. The van der Waals surface area contributed by atoms with Crippen molar-refractivity contribution in [2.45, 2.75) is 0 Å². The lowest BCUT2D eigenvalue weighted by Crippen LogP contribution is -1.95. The molecule has 3 nitrogen and oxygen atoms in total. The molecular formula is C6H5BrN2O. The number of anilines is 1. The summed E-state index contributed by atoms with van der Waals surface area (Å²) in [5.74, 6) is 0.254. The maximum atomic E-state index is 10.2. The van der Waals surface area contributed by atoms with Crippen molar-refractivity contribution in [3.8, 4) is 0 Å². The lowest BCUT2D eigenvalue weighted by Gasteiger charge is -1.95. The van der Waals surface area contributed by atoms with Crippen LogP contribution in [-0.4, -0.2) is 11.3 Å². The first-order valence-corrected chi connectivity index (χ1v) is 3.40. The number of rotatable bonds is 1. The first kappa shape index (κ1) is 7.21. The first-order chi connectivity index (χ1) is 4.74. The molecule has 0 saturated carbocycles. The summed E-state index contributed by atoms with van der Waals surface area (Å²) < 4.78 is 0.635. The minimum atomic E-state index is 0.254. The van der Waals surface area contributed by atoms with Crippen LogP contribution in [0.4, 0.5) is 5.82 Å². The molecule has 52 valence electrons. The fraction of sp³-hybridized carbons (Fsp3) is 0. The predicted octanol–water partition coefficient (Wildman–Crippen LogP) is 1.24. The number of hydrogen-bond acceptors (Lipinski definition) is 3. The van der Waals surface area contributed by atoms with Crippen molar-refractivity contribution in [1.82, 2.24) is 4.98 Å². The molecule has 0 fully saturated rings. The number of nitrogen functional groups attached to an aromatic ring is 1. The Hall–Kier alpha value is -0.900. The number of nitrogens with two attached hydrogens (primary N) is 1. The van der Waals surface area contributed by atoms with Crippen LogP contribution in [-0.2, 0) is 0 Å². The predicted molar refractivity (Wildman–Crippen MR) is 41.7 cm³/mol. The van der Waals surface area contributed by atoms with Crippen molar-refractivity contribution >= 4 is 28.0 Å². The third-order valence-electron chi connectivity index (χ3n) is 1.05. The number of hydrogen-bond donors (Lipinski definition) is 1. The van der Waals surface area contributed by atoms with Crippen molar-refractivity contribution in [3.05, 3.63) is 22.3 Å². The van der Waals surface area contributed by atoms with Gasteiger partial charge in [0.1, 0.15) is 10.4 Å². The van der Waals surface area contributed by atoms with E-state index in [4.69, 9.17) is 5.73 Å². The van der Waals surface area contributed by atoms with Gasteiger partial charge in [0, 0.05) is 0 Å². The summed E-state index contributed by atoms with van der Waals surface area (Å²) in [5.41, 5.74) is 5.78. The SMILES string of the molecule is Nc1nc(Br)ccc1C=O. The Labute approximate surface area is 66.4 Å². The van der Waals surface area contributed by atoms with E-state index in [1.807, 2.05) is 0 Å². The Morgan fingerprint density at radius 3 is 2.80 bits per heavy atom. The minimum Gasteiger partial charge on any atom is -0.383 e. The Morgan fingerprint density at radius 2 is 2.30 bits per heavy atom. The van der Waals surface area contributed by atoms with E-state index >= 15 is 0 Å². The Kier molecular flexibility index (Phi) is 2.01. The summed E-state index contributed by atoms with van der Waals surface area (Å²) in [6.07, 6.45) is 0.675. The van der Waals surface area contributed by atoms with Crippen molar-refractivity contribution < 1.29 is 4.79 Å². The molecule has 1 aromatic heterocycles. The van der Waals surface area contributed by atoms with E-state index in [0.29, 0.717) is 16.5 Å². The van der Waals surface area contributed by atoms with Gasteiger partial charge in [-0.05, 0) is 28.1 Å². The summed E-state index contributed by atoms with van der Waals surface area (Å²) in [5, 5.41) is 0. The van der Waals surface area contributed by atoms with Gasteiger partial charge in [0.05, 0.1) is 5.56 Å². The largest absolute Gasteiger partial charge is 0.383 e. The van der Waals surface area contributed by atoms with Crippen molar-refractivity contribution in [2.75, 3.05) is 5.73 Å². The molecule has 1 aromatic rings. The summed E-state index contributed by atoms with van der Waals surface area (Å²) in [6.45, 7) is 0. The molecule has 0 atom stereocenters. The minimum absolute atomic E-state index is 0.254. The van der Waals surface area contributed by atoms with Crippen LogP contribution >= 0.6 is 15.9 Å². The summed E-state index contributed by atoms with van der Waals surface area (Å²) in [6, 6.07) is 3.28. The van der Waals surface area contributed by atoms with Gasteiger partial charge >= 0.3 is 0 Å². The summed E-state index contributed by atoms with van der Waals surface area (Å²) >= 11 is 3.12. The van der Waals surface area contributed by atoms with Gasteiger partial charge in [0.25, 0.3) is 0 Å². The van der Waals surface area contributed by atoms with Gasteiger partial charge < -0.3 is 5.73 Å². The van der Waals surface area contributed by atoms with Crippen LogP contribution in [0.15, 0.2) is 16.7 Å². The average Bonchev–Trinajstić information content (AvgIpc) is 1.88. The molecule has 4 heteroatoms. The lowest BCUT2D eigenvalue weighted by atomic mass is 10.3. The van der Waals surface area contributed by atoms with Crippen molar-refractivity contribution in [1.29, 1.82) is 0 Å². The number of aromatic nitrogens is 1. The Bertz CT molecular complexity index is 262. The molecule has 0 bridgehead atoms. The van der Waals surface area contributed by atoms with E-state index < -0.39 is 0 Å². The number of carbonyl (C=O) groups excluding carboxylic acids is 1. The molecule has 10 heavy (non-hydrogen) atoms. The molecule has 0 radical (unpaired) electrons. The van der Waals surface area contributed by atoms with E-state index in [-0.39, 0.29) is 5.82 Å². The first-order valence-electron chi connectivity index (χ1n) is 2.61. The van der Waals surface area contributed by atoms with Crippen LogP contribution in [0.25, 0.3) is 0 Å². The maximum absolute atomic E-state index is 10.2. The smallest absolute Gasteiger partial charge is 0.153 e. The highest BCUT2D eigenvalue weighted by molar-refractivity contribution is 9.10. The second kappa shape index (κ2) is 2.79. The normalized spacial score (nSPS) is 9.30. The third kappa shape index (κ3) is 1.33. The zero-order valence-electron chi connectivity index (χ0n) is 5.04. The van der Waals surface area contributed by atoms with E-state index in [0.717, 1.165) is 0 Å². The Balaban J connectivity index is 3.19. The molecule has 0 aromatic carbocycles. The molecule has 0 aliphatic heterocycles. The van der Waals surface area contributed by atoms with Crippen LogP contribution in [0, 0.1) is 0 Å². The molecular weight excluding hydrogens is 196 g/mol. The molecule has 0 amide bonds. The van der Waals surface area contributed by atoms with Crippen LogP contribution in [0.5, 0.6) is 0 Å². The van der Waals surface area contributed by atoms with Crippen LogP contribution in [0.3, 0.4) is 0 Å². The van der Waals surface area contributed by atoms with E-state index in [9.17, 15) is 4.79 Å². The zero-order chi connectivity index (χ0) is 7.56. The molecule has 2 N–H and O–H groups in total. The molecule has 0 aliphatic rings. The lowest BCUT2D eigenvalue weighted by molar-refractivity contribution is 0.112. The molecule has 1 heterocycles. The van der Waals surface area contributed by atoms with Gasteiger partial charge in [-0.2, -0.15) is 0 Å². The fourth-order valence-electron chi connectivity index (χ4n) is 0.560. The van der Waals surface area contributed by atoms with E-state index in [2.05, 4.69) is 20.9 Å². The molecule has 0 spiro atoms. The maximum Gasteiger partial charge on any atom is 0.153 e. The van der Waals surface area contributed by atoms with Crippen molar-refractivity contribution in [3.63, 3.8) is 0 Å². The van der Waals surface area contributed by atoms with E-state index in [1.54, 1.807) is 12.1 Å². The number of nitrogens with zero attached hydrogens (tertiary/aromatic N) is 1. The number of halogens is 1. The Morgan fingerprint density at radius 1 is 1.60 bits per heavy atom. The summed E-state index contributed by atoms with van der Waals surface area (Å²) in [7, 11) is 0. The average molecular weight is 201 g/mol. The van der Waals surface area contributed by atoms with Gasteiger partial charge in [-0.1, -0.05) is 0 Å². The van der Waals surface area contributed by atoms with Gasteiger partial charge in [0.2, 0.25) is 0 Å². The summed E-state index contributed by atoms with van der Waals surface area (Å²) in [4.78, 5) is 14.0. The second-order valence-electron chi connectivity index (χ2n) is 1.73. The molecule has 0 aliphatic carbocycles. The number of carbonyl (C=O) groups is 1. The highest BCUT2D eigenvalue weighted by Crippen LogP contribution is 2.11. The van der Waals surface area contributed by atoms with Gasteiger partial charge in [-0.3, -0.25) is 4.79 Å². The van der Waals surface area contributed by atoms with E-state index in [1.165, 1.54) is 0 Å². The second-order valence-corrected chi connectivity index (χ2v) is 2.54. The fourth-order valence-corrected chi connectivity index (χ4v) is 0.884.